The van der Waals surface area contributed by atoms with Crippen molar-refractivity contribution >= 4 is 13.8 Å². The van der Waals surface area contributed by atoms with Crippen molar-refractivity contribution in [3.8, 4) is 0 Å². The summed E-state index contributed by atoms with van der Waals surface area (Å²) >= 11 is 0. The maximum Gasteiger partial charge on any atom is 0.472 e. The minimum atomic E-state index is -4.26. The molecule has 0 spiro atoms. The number of phosphoric acid groups is 1. The monoisotopic (exact) mass is 720 g/mol. The summed E-state index contributed by atoms with van der Waals surface area (Å²) < 4.78 is 33.4. The molecule has 0 aromatic heterocycles. The Bertz CT molecular complexity index is 727. The lowest BCUT2D eigenvalue weighted by atomic mass is 10.0. The first-order chi connectivity index (χ1) is 23.9. The van der Waals surface area contributed by atoms with Crippen molar-refractivity contribution in [1.29, 1.82) is 0 Å². The molecule has 0 aliphatic heterocycles. The minimum absolute atomic E-state index is 0.0903. The van der Waals surface area contributed by atoms with E-state index in [-0.39, 0.29) is 32.3 Å². The summed E-state index contributed by atoms with van der Waals surface area (Å²) in [7, 11) is -4.26. The van der Waals surface area contributed by atoms with Gasteiger partial charge in [0.1, 0.15) is 6.10 Å². The van der Waals surface area contributed by atoms with E-state index in [1.807, 2.05) is 0 Å². The molecule has 294 valence electrons. The Hall–Kier alpha value is -0.500. The second kappa shape index (κ2) is 38.7. The largest absolute Gasteiger partial charge is 0.472 e. The number of rotatable bonds is 41. The smallest absolute Gasteiger partial charge is 0.457 e. The highest BCUT2D eigenvalue weighted by atomic mass is 31.2. The fraction of sp³-hybridized carbons (Fsp3) is 0.975. The van der Waals surface area contributed by atoms with E-state index in [1.165, 1.54) is 161 Å². The number of nitrogens with two attached hydrogens (primary N) is 1. The SMILES string of the molecule is CCCCCCCCCCCCCCCCCCCCCC(=O)OC(COCCCCCCCCCCCCC)COP(=O)(O)OCCN. The lowest BCUT2D eigenvalue weighted by Gasteiger charge is -2.20. The standard InChI is InChI=1S/C40H82NO7P/c1-3-5-7-9-11-13-15-16-17-18-19-20-21-22-23-25-27-29-31-33-40(42)48-39(38-47-49(43,44)46-36-34-41)37-45-35-32-30-28-26-24-14-12-10-8-6-4-2/h39H,3-38,41H2,1-2H3,(H,43,44). The zero-order valence-electron chi connectivity index (χ0n) is 32.5. The Labute approximate surface area is 303 Å². The quantitative estimate of drug-likeness (QED) is 0.0364. The number of carbonyl (C=O) groups excluding carboxylic acids is 1. The third-order valence-electron chi connectivity index (χ3n) is 9.27. The molecule has 2 unspecified atom stereocenters. The van der Waals surface area contributed by atoms with Crippen LogP contribution in [0.15, 0.2) is 0 Å². The molecule has 0 amide bonds. The van der Waals surface area contributed by atoms with E-state index in [0.717, 1.165) is 32.1 Å². The molecule has 0 aliphatic rings. The summed E-state index contributed by atoms with van der Waals surface area (Å²) in [4.78, 5) is 22.4. The van der Waals surface area contributed by atoms with Gasteiger partial charge in [0.15, 0.2) is 0 Å². The van der Waals surface area contributed by atoms with Crippen molar-refractivity contribution in [3.05, 3.63) is 0 Å². The molecule has 49 heavy (non-hydrogen) atoms. The van der Waals surface area contributed by atoms with Gasteiger partial charge in [-0.3, -0.25) is 13.8 Å². The summed E-state index contributed by atoms with van der Waals surface area (Å²) in [5.74, 6) is -0.325. The van der Waals surface area contributed by atoms with Crippen LogP contribution in [0.5, 0.6) is 0 Å². The lowest BCUT2D eigenvalue weighted by Crippen LogP contribution is -2.28. The molecule has 2 atom stereocenters. The van der Waals surface area contributed by atoms with Crippen LogP contribution in [0.1, 0.15) is 213 Å². The zero-order valence-corrected chi connectivity index (χ0v) is 33.3. The minimum Gasteiger partial charge on any atom is -0.457 e. The van der Waals surface area contributed by atoms with Crippen molar-refractivity contribution in [2.24, 2.45) is 5.73 Å². The van der Waals surface area contributed by atoms with Crippen LogP contribution in [-0.4, -0.2) is 49.9 Å². The van der Waals surface area contributed by atoms with Gasteiger partial charge in [-0.05, 0) is 12.8 Å². The first-order valence-electron chi connectivity index (χ1n) is 21.0. The van der Waals surface area contributed by atoms with Crippen LogP contribution in [0.2, 0.25) is 0 Å². The number of unbranched alkanes of at least 4 members (excludes halogenated alkanes) is 28. The maximum absolute atomic E-state index is 12.6. The van der Waals surface area contributed by atoms with Gasteiger partial charge >= 0.3 is 13.8 Å². The summed E-state index contributed by atoms with van der Waals surface area (Å²) in [6.07, 6.45) is 38.3. The topological polar surface area (TPSA) is 117 Å². The highest BCUT2D eigenvalue weighted by Crippen LogP contribution is 2.43. The summed E-state index contributed by atoms with van der Waals surface area (Å²) in [6, 6.07) is 0. The average Bonchev–Trinajstić information content (AvgIpc) is 3.09. The number of ether oxygens (including phenoxy) is 2. The van der Waals surface area contributed by atoms with E-state index < -0.39 is 13.9 Å². The fourth-order valence-corrected chi connectivity index (χ4v) is 6.94. The number of hydrogen-bond acceptors (Lipinski definition) is 7. The second-order valence-corrected chi connectivity index (χ2v) is 15.7. The Morgan fingerprint density at radius 1 is 0.531 bits per heavy atom. The predicted octanol–water partition coefficient (Wildman–Crippen LogP) is 12.1. The van der Waals surface area contributed by atoms with Gasteiger partial charge in [0.25, 0.3) is 0 Å². The van der Waals surface area contributed by atoms with E-state index >= 15 is 0 Å². The Kier molecular flexibility index (Phi) is 38.3. The molecule has 9 heteroatoms. The van der Waals surface area contributed by atoms with Crippen molar-refractivity contribution in [1.82, 2.24) is 0 Å². The van der Waals surface area contributed by atoms with Crippen LogP contribution in [-0.2, 0) is 27.9 Å². The second-order valence-electron chi connectivity index (χ2n) is 14.2. The van der Waals surface area contributed by atoms with Gasteiger partial charge in [-0.15, -0.1) is 0 Å². The van der Waals surface area contributed by atoms with E-state index in [4.69, 9.17) is 24.3 Å². The van der Waals surface area contributed by atoms with Gasteiger partial charge in [0.05, 0.1) is 19.8 Å². The molecule has 0 aromatic rings. The van der Waals surface area contributed by atoms with Gasteiger partial charge in [-0.1, -0.05) is 194 Å². The average molecular weight is 720 g/mol. The molecule has 0 fully saturated rings. The van der Waals surface area contributed by atoms with Gasteiger partial charge in [0.2, 0.25) is 0 Å². The van der Waals surface area contributed by atoms with Crippen LogP contribution in [0.4, 0.5) is 0 Å². The first-order valence-corrected chi connectivity index (χ1v) is 22.5. The van der Waals surface area contributed by atoms with Gasteiger partial charge < -0.3 is 20.1 Å². The van der Waals surface area contributed by atoms with Crippen LogP contribution in [0, 0.1) is 0 Å². The van der Waals surface area contributed by atoms with E-state index in [0.29, 0.717) is 13.0 Å². The molecule has 3 N–H and O–H groups in total. The Morgan fingerprint density at radius 2 is 0.898 bits per heavy atom. The molecule has 0 saturated carbocycles. The first kappa shape index (κ1) is 48.5. The summed E-state index contributed by atoms with van der Waals surface area (Å²) in [6.45, 7) is 4.97. The van der Waals surface area contributed by atoms with Crippen molar-refractivity contribution in [3.63, 3.8) is 0 Å². The Morgan fingerprint density at radius 3 is 1.29 bits per heavy atom. The highest BCUT2D eigenvalue weighted by molar-refractivity contribution is 7.47. The van der Waals surface area contributed by atoms with E-state index in [2.05, 4.69) is 13.8 Å². The van der Waals surface area contributed by atoms with Crippen LogP contribution in [0.25, 0.3) is 0 Å². The number of esters is 1. The number of phosphoric ester groups is 1. The fourth-order valence-electron chi connectivity index (χ4n) is 6.17. The van der Waals surface area contributed by atoms with E-state index in [1.54, 1.807) is 0 Å². The van der Waals surface area contributed by atoms with Crippen molar-refractivity contribution in [2.75, 3.05) is 33.0 Å². The van der Waals surface area contributed by atoms with Crippen molar-refractivity contribution in [2.45, 2.75) is 219 Å². The lowest BCUT2D eigenvalue weighted by molar-refractivity contribution is -0.154. The van der Waals surface area contributed by atoms with Gasteiger partial charge in [-0.2, -0.15) is 0 Å². The summed E-state index contributed by atoms with van der Waals surface area (Å²) in [5.41, 5.74) is 5.36. The third kappa shape index (κ3) is 38.6. The van der Waals surface area contributed by atoms with Crippen LogP contribution in [0.3, 0.4) is 0 Å². The molecule has 0 aromatic carbocycles. The number of hydrogen-bond donors (Lipinski definition) is 2. The zero-order chi connectivity index (χ0) is 35.9. The molecule has 0 saturated heterocycles. The maximum atomic E-state index is 12.6. The molecule has 0 rings (SSSR count). The molecule has 0 bridgehead atoms. The van der Waals surface area contributed by atoms with Crippen molar-refractivity contribution < 1.29 is 32.8 Å². The van der Waals surface area contributed by atoms with Crippen LogP contribution < -0.4 is 5.73 Å². The van der Waals surface area contributed by atoms with E-state index in [9.17, 15) is 14.3 Å². The molecular weight excluding hydrogens is 637 g/mol. The Balaban J connectivity index is 3.95. The molecule has 0 heterocycles. The highest BCUT2D eigenvalue weighted by Gasteiger charge is 2.25. The van der Waals surface area contributed by atoms with Gasteiger partial charge in [-0.25, -0.2) is 4.57 Å². The molecule has 0 radical (unpaired) electrons. The third-order valence-corrected chi connectivity index (χ3v) is 10.3. The van der Waals surface area contributed by atoms with Crippen LogP contribution >= 0.6 is 7.82 Å². The van der Waals surface area contributed by atoms with Gasteiger partial charge in [0, 0.05) is 19.6 Å². The number of carbonyl (C=O) groups is 1. The molecule has 8 nitrogen and oxygen atoms in total. The normalized spacial score (nSPS) is 13.5. The molecule has 0 aliphatic carbocycles. The summed E-state index contributed by atoms with van der Waals surface area (Å²) in [5, 5.41) is 0. The predicted molar refractivity (Wildman–Crippen MR) is 206 cm³/mol. The molecular formula is C40H82NO7P.